The van der Waals surface area contributed by atoms with E-state index in [1.807, 2.05) is 20.8 Å². The molecule has 1 rings (SSSR count). The zero-order chi connectivity index (χ0) is 18.2. The molecule has 0 unspecified atom stereocenters. The maximum absolute atomic E-state index is 12.2. The third-order valence-electron chi connectivity index (χ3n) is 4.75. The van der Waals surface area contributed by atoms with Crippen LogP contribution in [0.2, 0.25) is 0 Å². The van der Waals surface area contributed by atoms with Gasteiger partial charge in [-0.05, 0) is 46.5 Å². The number of hydrogen-bond acceptors (Lipinski definition) is 4. The molecule has 5 heteroatoms. The van der Waals surface area contributed by atoms with Crippen LogP contribution in [0.5, 0.6) is 0 Å². The zero-order valence-electron chi connectivity index (χ0n) is 16.1. The Kier molecular flexibility index (Phi) is 8.05. The molecule has 0 aliphatic carbocycles. The quantitative estimate of drug-likeness (QED) is 0.702. The molecule has 138 valence electrons. The van der Waals surface area contributed by atoms with Gasteiger partial charge in [0, 0.05) is 25.7 Å². The molecule has 5 nitrogen and oxygen atoms in total. The van der Waals surface area contributed by atoms with Gasteiger partial charge < -0.3 is 15.4 Å². The van der Waals surface area contributed by atoms with E-state index in [-0.39, 0.29) is 11.6 Å². The largest absolute Gasteiger partial charge is 0.444 e. The molecule has 0 atom stereocenters. The molecule has 1 saturated heterocycles. The van der Waals surface area contributed by atoms with Crippen molar-refractivity contribution in [2.75, 3.05) is 26.2 Å². The fourth-order valence-corrected chi connectivity index (χ4v) is 3.01. The van der Waals surface area contributed by atoms with Crippen LogP contribution in [0.3, 0.4) is 0 Å². The molecule has 1 heterocycles. The van der Waals surface area contributed by atoms with E-state index in [4.69, 9.17) is 11.2 Å². The van der Waals surface area contributed by atoms with Crippen molar-refractivity contribution in [3.05, 3.63) is 0 Å². The van der Waals surface area contributed by atoms with E-state index in [1.165, 1.54) is 0 Å². The Morgan fingerprint density at radius 3 is 2.29 bits per heavy atom. The number of terminal acetylenes is 1. The average Bonchev–Trinajstić information content (AvgIpc) is 2.51. The molecule has 1 fully saturated rings. The van der Waals surface area contributed by atoms with Crippen LogP contribution in [0.4, 0.5) is 4.79 Å². The molecular weight excluding hydrogens is 302 g/mol. The van der Waals surface area contributed by atoms with Crippen molar-refractivity contribution >= 4 is 6.09 Å². The summed E-state index contributed by atoms with van der Waals surface area (Å²) in [5.74, 6) is 2.71. The van der Waals surface area contributed by atoms with Gasteiger partial charge in [-0.2, -0.15) is 0 Å². The summed E-state index contributed by atoms with van der Waals surface area (Å²) in [4.78, 5) is 14.5. The number of piperidine rings is 1. The zero-order valence-corrected chi connectivity index (χ0v) is 16.1. The lowest BCUT2D eigenvalue weighted by molar-refractivity contribution is 0.0442. The predicted octanol–water partition coefficient (Wildman–Crippen LogP) is 2.76. The second-order valence-corrected chi connectivity index (χ2v) is 7.75. The number of rotatable bonds is 7. The van der Waals surface area contributed by atoms with Crippen LogP contribution in [-0.2, 0) is 4.74 Å². The van der Waals surface area contributed by atoms with Crippen LogP contribution in [0.15, 0.2) is 0 Å². The molecule has 0 aromatic heterocycles. The third-order valence-corrected chi connectivity index (χ3v) is 4.75. The number of ether oxygens (including phenoxy) is 1. The van der Waals surface area contributed by atoms with E-state index >= 15 is 0 Å². The lowest BCUT2D eigenvalue weighted by Crippen LogP contribution is -2.57. The van der Waals surface area contributed by atoms with Gasteiger partial charge in [0.05, 0.1) is 12.1 Å². The van der Waals surface area contributed by atoms with Gasteiger partial charge in [0.25, 0.3) is 0 Å². The molecule has 0 saturated carbocycles. The molecule has 1 aliphatic heterocycles. The minimum Gasteiger partial charge on any atom is -0.444 e. The van der Waals surface area contributed by atoms with Crippen LogP contribution in [0, 0.1) is 12.3 Å². The highest BCUT2D eigenvalue weighted by molar-refractivity contribution is 5.68. The van der Waals surface area contributed by atoms with E-state index in [9.17, 15) is 4.79 Å². The predicted molar refractivity (Wildman–Crippen MR) is 99.0 cm³/mol. The summed E-state index contributed by atoms with van der Waals surface area (Å²) in [5.41, 5.74) is -0.743. The van der Waals surface area contributed by atoms with Crippen LogP contribution >= 0.6 is 0 Å². The highest BCUT2D eigenvalue weighted by atomic mass is 16.6. The molecule has 0 radical (unpaired) electrons. The topological polar surface area (TPSA) is 53.6 Å². The Balaban J connectivity index is 2.51. The SMILES string of the molecule is C#CCN1CCC(NCC(CC)(CC)NC(=O)OC(C)(C)C)CC1. The molecule has 0 bridgehead atoms. The number of carbonyl (C=O) groups excluding carboxylic acids is 1. The van der Waals surface area contributed by atoms with Crippen molar-refractivity contribution in [1.82, 2.24) is 15.5 Å². The molecule has 1 aliphatic rings. The minimum atomic E-state index is -0.478. The van der Waals surface area contributed by atoms with Gasteiger partial charge in [-0.15, -0.1) is 6.42 Å². The van der Waals surface area contributed by atoms with Gasteiger partial charge in [0.15, 0.2) is 0 Å². The van der Waals surface area contributed by atoms with E-state index < -0.39 is 5.60 Å². The number of alkyl carbamates (subject to hydrolysis) is 1. The van der Waals surface area contributed by atoms with Crippen LogP contribution in [0.1, 0.15) is 60.3 Å². The van der Waals surface area contributed by atoms with Crippen molar-refractivity contribution < 1.29 is 9.53 Å². The summed E-state index contributed by atoms with van der Waals surface area (Å²) in [7, 11) is 0. The number of likely N-dealkylation sites (tertiary alicyclic amines) is 1. The fourth-order valence-electron chi connectivity index (χ4n) is 3.01. The Labute approximate surface area is 147 Å². The second kappa shape index (κ2) is 9.29. The highest BCUT2D eigenvalue weighted by Crippen LogP contribution is 2.18. The summed E-state index contributed by atoms with van der Waals surface area (Å²) in [6, 6.07) is 0.483. The van der Waals surface area contributed by atoms with E-state index in [1.54, 1.807) is 0 Å². The summed E-state index contributed by atoms with van der Waals surface area (Å²) in [5, 5.41) is 6.74. The minimum absolute atomic E-state index is 0.266. The molecule has 0 spiro atoms. The number of nitrogens with one attached hydrogen (secondary N) is 2. The van der Waals surface area contributed by atoms with Gasteiger partial charge in [-0.3, -0.25) is 4.90 Å². The lowest BCUT2D eigenvalue weighted by Gasteiger charge is -2.37. The van der Waals surface area contributed by atoms with Gasteiger partial charge in [-0.1, -0.05) is 19.8 Å². The molecular formula is C19H35N3O2. The summed E-state index contributed by atoms with van der Waals surface area (Å²) in [6.45, 7) is 13.4. The first-order chi connectivity index (χ1) is 11.2. The van der Waals surface area contributed by atoms with Gasteiger partial charge in [-0.25, -0.2) is 4.79 Å². The summed E-state index contributed by atoms with van der Waals surface area (Å²) < 4.78 is 5.43. The second-order valence-electron chi connectivity index (χ2n) is 7.75. The van der Waals surface area contributed by atoms with Gasteiger partial charge in [0.1, 0.15) is 5.60 Å². The Morgan fingerprint density at radius 2 is 1.83 bits per heavy atom. The number of carbonyl (C=O) groups is 1. The Bertz CT molecular complexity index is 425. The van der Waals surface area contributed by atoms with E-state index in [0.29, 0.717) is 6.04 Å². The first-order valence-corrected chi connectivity index (χ1v) is 9.14. The third kappa shape index (κ3) is 7.11. The standard InChI is InChI=1S/C19H35N3O2/c1-7-12-22-13-10-16(11-14-22)20-15-19(8-2,9-3)21-17(23)24-18(4,5)6/h1,16,20H,8-15H2,2-6H3,(H,21,23). The smallest absolute Gasteiger partial charge is 0.408 e. The van der Waals surface area contributed by atoms with Gasteiger partial charge in [0.2, 0.25) is 0 Å². The van der Waals surface area contributed by atoms with Crippen molar-refractivity contribution in [1.29, 1.82) is 0 Å². The van der Waals surface area contributed by atoms with Crippen LogP contribution in [0.25, 0.3) is 0 Å². The first kappa shape index (κ1) is 20.8. The molecule has 0 aromatic rings. The highest BCUT2D eigenvalue weighted by Gasteiger charge is 2.31. The Morgan fingerprint density at radius 1 is 1.25 bits per heavy atom. The van der Waals surface area contributed by atoms with Crippen molar-refractivity contribution in [2.24, 2.45) is 0 Å². The first-order valence-electron chi connectivity index (χ1n) is 9.14. The van der Waals surface area contributed by atoms with E-state index in [0.717, 1.165) is 51.9 Å². The number of hydrogen-bond donors (Lipinski definition) is 2. The molecule has 2 N–H and O–H groups in total. The van der Waals surface area contributed by atoms with E-state index in [2.05, 4.69) is 35.3 Å². The van der Waals surface area contributed by atoms with Gasteiger partial charge >= 0.3 is 6.09 Å². The fraction of sp³-hybridized carbons (Fsp3) is 0.842. The maximum Gasteiger partial charge on any atom is 0.408 e. The lowest BCUT2D eigenvalue weighted by atomic mass is 9.92. The monoisotopic (exact) mass is 337 g/mol. The Hall–Kier alpha value is -1.25. The number of nitrogens with zero attached hydrogens (tertiary/aromatic N) is 1. The van der Waals surface area contributed by atoms with Crippen LogP contribution < -0.4 is 10.6 Å². The average molecular weight is 338 g/mol. The normalized spacial score (nSPS) is 17.3. The number of amides is 1. The van der Waals surface area contributed by atoms with Crippen molar-refractivity contribution in [3.63, 3.8) is 0 Å². The molecule has 1 amide bonds. The molecule has 0 aromatic carbocycles. The van der Waals surface area contributed by atoms with Crippen molar-refractivity contribution in [2.45, 2.75) is 77.5 Å². The molecule has 24 heavy (non-hydrogen) atoms. The summed E-state index contributed by atoms with van der Waals surface area (Å²) >= 11 is 0. The van der Waals surface area contributed by atoms with Crippen LogP contribution in [-0.4, -0.2) is 54.4 Å². The van der Waals surface area contributed by atoms with Crippen molar-refractivity contribution in [3.8, 4) is 12.3 Å². The summed E-state index contributed by atoms with van der Waals surface area (Å²) in [6.07, 6.45) is 8.96. The maximum atomic E-state index is 12.2.